The van der Waals surface area contributed by atoms with Crippen LogP contribution in [-0.4, -0.2) is 16.0 Å². The molecule has 0 aromatic rings. The highest BCUT2D eigenvalue weighted by molar-refractivity contribution is 5.26. The summed E-state index contributed by atoms with van der Waals surface area (Å²) in [6, 6.07) is 0. The van der Waals surface area contributed by atoms with Crippen molar-refractivity contribution >= 4 is 0 Å². The van der Waals surface area contributed by atoms with Crippen LogP contribution < -0.4 is 0 Å². The summed E-state index contributed by atoms with van der Waals surface area (Å²) in [5, 5.41) is 20.5. The normalized spacial score (nSPS) is 44.2. The smallest absolute Gasteiger partial charge is 0.166 e. The van der Waals surface area contributed by atoms with E-state index >= 15 is 0 Å². The lowest BCUT2D eigenvalue weighted by atomic mass is 9.46. The molecule has 2 heteroatoms. The van der Waals surface area contributed by atoms with E-state index in [9.17, 15) is 10.2 Å². The molecule has 0 radical (unpaired) electrons. The van der Waals surface area contributed by atoms with Gasteiger partial charge in [0.2, 0.25) is 0 Å². The lowest BCUT2D eigenvalue weighted by Gasteiger charge is -2.59. The molecular weight excluding hydrogens is 356 g/mol. The molecule has 3 fully saturated rings. The van der Waals surface area contributed by atoms with E-state index in [0.717, 1.165) is 36.0 Å². The molecule has 2 N–H and O–H groups in total. The molecule has 0 bridgehead atoms. The van der Waals surface area contributed by atoms with Gasteiger partial charge in [0.25, 0.3) is 0 Å². The lowest BCUT2D eigenvalue weighted by molar-refractivity contribution is -0.189. The van der Waals surface area contributed by atoms with Crippen LogP contribution in [0.5, 0.6) is 0 Å². The van der Waals surface area contributed by atoms with Gasteiger partial charge in [0.05, 0.1) is 0 Å². The maximum Gasteiger partial charge on any atom is 0.166 e. The van der Waals surface area contributed by atoms with Gasteiger partial charge in [0.1, 0.15) is 0 Å². The van der Waals surface area contributed by atoms with Gasteiger partial charge in [0.15, 0.2) is 5.79 Å². The van der Waals surface area contributed by atoms with Crippen LogP contribution in [0.15, 0.2) is 23.3 Å². The van der Waals surface area contributed by atoms with Crippen molar-refractivity contribution in [2.75, 3.05) is 0 Å². The van der Waals surface area contributed by atoms with Crippen molar-refractivity contribution < 1.29 is 10.2 Å². The maximum atomic E-state index is 10.2. The highest BCUT2D eigenvalue weighted by Gasteiger charge is 2.59. The standard InChI is InChI=1S/C27H44O2/c1-18(2)7-6-8-19(3)22-11-12-23-21-10-9-20-17-27(28,29)16-15-25(20,4)24(21)13-14-26(22,23)5/h7,9,19,21-24,28-29H,6,8,10-17H2,1-5H3/t19-,21+,22-,23+,24+,25+,26-/m1/s1. The van der Waals surface area contributed by atoms with Gasteiger partial charge in [0, 0.05) is 12.8 Å². The van der Waals surface area contributed by atoms with Crippen molar-refractivity contribution in [1.29, 1.82) is 0 Å². The van der Waals surface area contributed by atoms with E-state index in [1.165, 1.54) is 56.1 Å². The molecule has 7 atom stereocenters. The summed E-state index contributed by atoms with van der Waals surface area (Å²) in [6.07, 6.45) is 16.1. The van der Waals surface area contributed by atoms with Gasteiger partial charge in [-0.3, -0.25) is 0 Å². The molecule has 4 aliphatic rings. The molecule has 29 heavy (non-hydrogen) atoms. The Labute approximate surface area is 178 Å². The second kappa shape index (κ2) is 7.52. The molecule has 0 aromatic heterocycles. The summed E-state index contributed by atoms with van der Waals surface area (Å²) in [4.78, 5) is 0. The van der Waals surface area contributed by atoms with E-state index in [1.54, 1.807) is 0 Å². The van der Waals surface area contributed by atoms with Gasteiger partial charge in [-0.25, -0.2) is 0 Å². The van der Waals surface area contributed by atoms with Crippen LogP contribution in [0.25, 0.3) is 0 Å². The molecule has 4 aliphatic carbocycles. The van der Waals surface area contributed by atoms with Crippen molar-refractivity contribution in [3.8, 4) is 0 Å². The zero-order valence-electron chi connectivity index (χ0n) is 19.5. The number of rotatable bonds is 4. The third kappa shape index (κ3) is 3.67. The second-order valence-electron chi connectivity index (χ2n) is 12.0. The predicted molar refractivity (Wildman–Crippen MR) is 120 cm³/mol. The minimum atomic E-state index is -1.47. The Morgan fingerprint density at radius 2 is 1.86 bits per heavy atom. The molecular formula is C27H44O2. The third-order valence-electron chi connectivity index (χ3n) is 10.1. The molecule has 3 saturated carbocycles. The summed E-state index contributed by atoms with van der Waals surface area (Å²) in [5.41, 5.74) is 3.52. The molecule has 0 heterocycles. The van der Waals surface area contributed by atoms with Crippen molar-refractivity contribution in [3.05, 3.63) is 23.3 Å². The first kappa shape index (κ1) is 21.6. The van der Waals surface area contributed by atoms with Crippen LogP contribution >= 0.6 is 0 Å². The quantitative estimate of drug-likeness (QED) is 0.411. The number of aliphatic hydroxyl groups is 2. The van der Waals surface area contributed by atoms with Crippen LogP contribution in [0.2, 0.25) is 0 Å². The molecule has 0 amide bonds. The number of fused-ring (bicyclic) bond motifs is 5. The molecule has 0 spiro atoms. The predicted octanol–water partition coefficient (Wildman–Crippen LogP) is 6.63. The van der Waals surface area contributed by atoms with E-state index in [0.29, 0.717) is 18.3 Å². The fourth-order valence-corrected chi connectivity index (χ4v) is 8.44. The highest BCUT2D eigenvalue weighted by atomic mass is 16.5. The van der Waals surface area contributed by atoms with Crippen molar-refractivity contribution in [2.45, 2.75) is 105 Å². The first-order valence-electron chi connectivity index (χ1n) is 12.3. The number of hydrogen-bond acceptors (Lipinski definition) is 2. The van der Waals surface area contributed by atoms with Gasteiger partial charge in [-0.1, -0.05) is 44.1 Å². The molecule has 0 unspecified atom stereocenters. The Morgan fingerprint density at radius 3 is 2.59 bits per heavy atom. The molecule has 0 aliphatic heterocycles. The van der Waals surface area contributed by atoms with Gasteiger partial charge < -0.3 is 10.2 Å². The Bertz CT molecular complexity index is 685. The van der Waals surface area contributed by atoms with Gasteiger partial charge in [-0.05, 0) is 106 Å². The summed E-state index contributed by atoms with van der Waals surface area (Å²) in [7, 11) is 0. The largest absolute Gasteiger partial charge is 0.365 e. The fourth-order valence-electron chi connectivity index (χ4n) is 8.44. The van der Waals surface area contributed by atoms with Crippen molar-refractivity contribution in [2.24, 2.45) is 40.4 Å². The Balaban J connectivity index is 1.52. The van der Waals surface area contributed by atoms with Gasteiger partial charge in [-0.15, -0.1) is 0 Å². The van der Waals surface area contributed by atoms with E-state index in [1.807, 2.05) is 0 Å². The van der Waals surface area contributed by atoms with Crippen molar-refractivity contribution in [1.82, 2.24) is 0 Å². The zero-order valence-corrected chi connectivity index (χ0v) is 19.5. The summed E-state index contributed by atoms with van der Waals surface area (Å²) in [6.45, 7) is 12.0. The van der Waals surface area contributed by atoms with Crippen LogP contribution in [0.3, 0.4) is 0 Å². The van der Waals surface area contributed by atoms with Crippen LogP contribution in [-0.2, 0) is 0 Å². The van der Waals surface area contributed by atoms with Crippen LogP contribution in [0.1, 0.15) is 98.8 Å². The molecule has 0 saturated heterocycles. The Hall–Kier alpha value is -0.600. The van der Waals surface area contributed by atoms with E-state index in [4.69, 9.17) is 0 Å². The highest BCUT2D eigenvalue weighted by Crippen LogP contribution is 2.67. The molecule has 0 aromatic carbocycles. The monoisotopic (exact) mass is 400 g/mol. The average molecular weight is 401 g/mol. The first-order valence-corrected chi connectivity index (χ1v) is 12.3. The number of allylic oxidation sites excluding steroid dienone is 3. The minimum absolute atomic E-state index is 0.201. The fraction of sp³-hybridized carbons (Fsp3) is 0.852. The van der Waals surface area contributed by atoms with Gasteiger partial charge in [-0.2, -0.15) is 0 Å². The van der Waals surface area contributed by atoms with E-state index in [2.05, 4.69) is 46.8 Å². The maximum absolute atomic E-state index is 10.2. The SMILES string of the molecule is CC(C)=CCC[C@@H](C)[C@H]1CC[C@H]2[C@@H]3CC=C4CC(O)(O)CC[C@]4(C)[C@H]3CC[C@]12C. The average Bonchev–Trinajstić information content (AvgIpc) is 2.99. The second-order valence-corrected chi connectivity index (χ2v) is 12.0. The molecule has 2 nitrogen and oxygen atoms in total. The summed E-state index contributed by atoms with van der Waals surface area (Å²) in [5.74, 6) is 2.65. The number of hydrogen-bond donors (Lipinski definition) is 2. The molecule has 4 rings (SSSR count). The van der Waals surface area contributed by atoms with E-state index < -0.39 is 5.79 Å². The summed E-state index contributed by atoms with van der Waals surface area (Å²) < 4.78 is 0. The lowest BCUT2D eigenvalue weighted by Crippen LogP contribution is -2.52. The third-order valence-corrected chi connectivity index (χ3v) is 10.1. The van der Waals surface area contributed by atoms with Crippen LogP contribution in [0.4, 0.5) is 0 Å². The van der Waals surface area contributed by atoms with E-state index in [-0.39, 0.29) is 5.41 Å². The first-order chi connectivity index (χ1) is 13.6. The zero-order chi connectivity index (χ0) is 21.0. The summed E-state index contributed by atoms with van der Waals surface area (Å²) >= 11 is 0. The van der Waals surface area contributed by atoms with Crippen molar-refractivity contribution in [3.63, 3.8) is 0 Å². The van der Waals surface area contributed by atoms with Gasteiger partial charge >= 0.3 is 0 Å². The topological polar surface area (TPSA) is 40.5 Å². The Kier molecular flexibility index (Phi) is 5.61. The Morgan fingerprint density at radius 1 is 1.10 bits per heavy atom. The molecule has 164 valence electrons. The van der Waals surface area contributed by atoms with Crippen LogP contribution in [0, 0.1) is 40.4 Å². The minimum Gasteiger partial charge on any atom is -0.365 e.